The van der Waals surface area contributed by atoms with Crippen molar-refractivity contribution in [1.82, 2.24) is 4.90 Å². The fourth-order valence-electron chi connectivity index (χ4n) is 1.53. The maximum Gasteiger partial charge on any atom is 0.410 e. The lowest BCUT2D eigenvalue weighted by atomic mass is 10.2. The average Bonchev–Trinajstić information content (AvgIpc) is 2.63. The van der Waals surface area contributed by atoms with Gasteiger partial charge in [0, 0.05) is 19.0 Å². The van der Waals surface area contributed by atoms with Crippen LogP contribution < -0.4 is 0 Å². The molecule has 0 aromatic carbocycles. The van der Waals surface area contributed by atoms with Crippen molar-refractivity contribution in [2.24, 2.45) is 0 Å². The van der Waals surface area contributed by atoms with Crippen LogP contribution in [0.25, 0.3) is 0 Å². The van der Waals surface area contributed by atoms with Gasteiger partial charge < -0.3 is 14.4 Å². The minimum atomic E-state index is -0.507. The number of carbonyl (C=O) groups is 2. The van der Waals surface area contributed by atoms with Crippen LogP contribution in [0.5, 0.6) is 0 Å². The molecule has 0 radical (unpaired) electrons. The minimum absolute atomic E-state index is 0.256. The molecule has 1 aliphatic rings. The summed E-state index contributed by atoms with van der Waals surface area (Å²) in [6, 6.07) is 0. The van der Waals surface area contributed by atoms with Gasteiger partial charge in [-0.05, 0) is 20.8 Å². The van der Waals surface area contributed by atoms with Gasteiger partial charge in [0.05, 0.1) is 6.54 Å². The molecular weight excluding hydrogens is 222 g/mol. The van der Waals surface area contributed by atoms with E-state index in [4.69, 9.17) is 9.47 Å². The van der Waals surface area contributed by atoms with Gasteiger partial charge in [-0.25, -0.2) is 9.59 Å². The molecule has 1 atom stereocenters. The number of ether oxygens (including phenoxy) is 2. The van der Waals surface area contributed by atoms with Gasteiger partial charge in [0.1, 0.15) is 11.7 Å². The lowest BCUT2D eigenvalue weighted by Gasteiger charge is -2.24. The van der Waals surface area contributed by atoms with E-state index in [-0.39, 0.29) is 12.2 Å². The van der Waals surface area contributed by atoms with Crippen LogP contribution in [0.3, 0.4) is 0 Å². The Labute approximate surface area is 101 Å². The summed E-state index contributed by atoms with van der Waals surface area (Å²) in [5.41, 5.74) is -0.507. The first-order chi connectivity index (χ1) is 7.81. The quantitative estimate of drug-likeness (QED) is 0.545. The topological polar surface area (TPSA) is 55.8 Å². The molecule has 96 valence electrons. The maximum atomic E-state index is 11.7. The molecule has 0 saturated carbocycles. The number of amides is 1. The SMILES string of the molecule is C=CC(=O)OC1CCN(C(=O)OC(C)(C)C)C1. The summed E-state index contributed by atoms with van der Waals surface area (Å²) in [7, 11) is 0. The molecular formula is C12H19NO4. The molecule has 0 aromatic heterocycles. The number of carbonyl (C=O) groups excluding carboxylic acids is 2. The van der Waals surface area contributed by atoms with Crippen LogP contribution in [0.1, 0.15) is 27.2 Å². The number of likely N-dealkylation sites (tertiary alicyclic amines) is 1. The lowest BCUT2D eigenvalue weighted by Crippen LogP contribution is -2.36. The van der Waals surface area contributed by atoms with Crippen LogP contribution in [-0.4, -0.2) is 41.8 Å². The third-order valence-corrected chi connectivity index (χ3v) is 2.25. The zero-order valence-electron chi connectivity index (χ0n) is 10.6. The Bertz CT molecular complexity index is 319. The van der Waals surface area contributed by atoms with Crippen molar-refractivity contribution in [2.75, 3.05) is 13.1 Å². The van der Waals surface area contributed by atoms with E-state index in [1.165, 1.54) is 0 Å². The van der Waals surface area contributed by atoms with Crippen molar-refractivity contribution in [2.45, 2.75) is 38.9 Å². The fourth-order valence-corrected chi connectivity index (χ4v) is 1.53. The first kappa shape index (κ1) is 13.5. The predicted molar refractivity (Wildman–Crippen MR) is 62.5 cm³/mol. The Morgan fingerprint density at radius 3 is 2.59 bits per heavy atom. The highest BCUT2D eigenvalue weighted by atomic mass is 16.6. The molecule has 1 fully saturated rings. The summed E-state index contributed by atoms with van der Waals surface area (Å²) in [4.78, 5) is 24.3. The smallest absolute Gasteiger partial charge is 0.410 e. The van der Waals surface area contributed by atoms with Crippen LogP contribution in [0.2, 0.25) is 0 Å². The molecule has 5 heteroatoms. The molecule has 1 aliphatic heterocycles. The minimum Gasteiger partial charge on any atom is -0.457 e. The highest BCUT2D eigenvalue weighted by Crippen LogP contribution is 2.17. The standard InChI is InChI=1S/C12H19NO4/c1-5-10(14)16-9-6-7-13(8-9)11(15)17-12(2,3)4/h5,9H,1,6-8H2,2-4H3. The van der Waals surface area contributed by atoms with Gasteiger partial charge in [-0.15, -0.1) is 0 Å². The number of esters is 1. The van der Waals surface area contributed by atoms with Crippen LogP contribution >= 0.6 is 0 Å². The van der Waals surface area contributed by atoms with E-state index in [9.17, 15) is 9.59 Å². The molecule has 1 unspecified atom stereocenters. The first-order valence-corrected chi connectivity index (χ1v) is 5.63. The van der Waals surface area contributed by atoms with Crippen LogP contribution in [-0.2, 0) is 14.3 Å². The normalized spacial score (nSPS) is 19.9. The zero-order valence-corrected chi connectivity index (χ0v) is 10.6. The molecule has 0 N–H and O–H groups in total. The monoisotopic (exact) mass is 241 g/mol. The summed E-state index contributed by atoms with van der Waals surface area (Å²) in [6.45, 7) is 9.70. The van der Waals surface area contributed by atoms with E-state index in [0.717, 1.165) is 6.08 Å². The van der Waals surface area contributed by atoms with E-state index >= 15 is 0 Å². The van der Waals surface area contributed by atoms with E-state index < -0.39 is 11.6 Å². The van der Waals surface area contributed by atoms with Gasteiger partial charge in [-0.1, -0.05) is 6.58 Å². The van der Waals surface area contributed by atoms with Gasteiger partial charge in [-0.3, -0.25) is 0 Å². The van der Waals surface area contributed by atoms with E-state index in [0.29, 0.717) is 19.5 Å². The third kappa shape index (κ3) is 4.46. The fraction of sp³-hybridized carbons (Fsp3) is 0.667. The van der Waals surface area contributed by atoms with Crippen LogP contribution in [0, 0.1) is 0 Å². The molecule has 17 heavy (non-hydrogen) atoms. The van der Waals surface area contributed by atoms with Crippen molar-refractivity contribution in [1.29, 1.82) is 0 Å². The van der Waals surface area contributed by atoms with Crippen molar-refractivity contribution in [3.63, 3.8) is 0 Å². The number of hydrogen-bond donors (Lipinski definition) is 0. The van der Waals surface area contributed by atoms with E-state index in [1.54, 1.807) is 4.90 Å². The maximum absolute atomic E-state index is 11.7. The Kier molecular flexibility index (Phi) is 4.15. The van der Waals surface area contributed by atoms with Crippen molar-refractivity contribution >= 4 is 12.1 Å². The molecule has 5 nitrogen and oxygen atoms in total. The lowest BCUT2D eigenvalue weighted by molar-refractivity contribution is -0.142. The molecule has 0 bridgehead atoms. The third-order valence-electron chi connectivity index (χ3n) is 2.25. The second-order valence-corrected chi connectivity index (χ2v) is 4.98. The Morgan fingerprint density at radius 2 is 2.06 bits per heavy atom. The molecule has 1 saturated heterocycles. The van der Waals surface area contributed by atoms with Gasteiger partial charge in [0.15, 0.2) is 0 Å². The summed E-state index contributed by atoms with van der Waals surface area (Å²) in [5, 5.41) is 0. The van der Waals surface area contributed by atoms with Crippen molar-refractivity contribution < 1.29 is 19.1 Å². The number of hydrogen-bond acceptors (Lipinski definition) is 4. The predicted octanol–water partition coefficient (Wildman–Crippen LogP) is 1.72. The molecule has 0 aromatic rings. The molecule has 1 rings (SSSR count). The zero-order chi connectivity index (χ0) is 13.1. The van der Waals surface area contributed by atoms with Crippen molar-refractivity contribution in [3.8, 4) is 0 Å². The molecule has 0 spiro atoms. The second-order valence-electron chi connectivity index (χ2n) is 4.98. The summed E-state index contributed by atoms with van der Waals surface area (Å²) in [5.74, 6) is -0.457. The summed E-state index contributed by atoms with van der Waals surface area (Å²) in [6.07, 6.45) is 1.14. The Hall–Kier alpha value is -1.52. The van der Waals surface area contributed by atoms with E-state index in [1.807, 2.05) is 20.8 Å². The second kappa shape index (κ2) is 5.21. The van der Waals surface area contributed by atoms with Crippen LogP contribution in [0.15, 0.2) is 12.7 Å². The Balaban J connectivity index is 2.42. The number of nitrogens with zero attached hydrogens (tertiary/aromatic N) is 1. The van der Waals surface area contributed by atoms with Crippen molar-refractivity contribution in [3.05, 3.63) is 12.7 Å². The average molecular weight is 241 g/mol. The summed E-state index contributed by atoms with van der Waals surface area (Å²) < 4.78 is 10.3. The Morgan fingerprint density at radius 1 is 1.41 bits per heavy atom. The summed E-state index contributed by atoms with van der Waals surface area (Å²) >= 11 is 0. The van der Waals surface area contributed by atoms with Crippen LogP contribution in [0.4, 0.5) is 4.79 Å². The van der Waals surface area contributed by atoms with Gasteiger partial charge >= 0.3 is 12.1 Å². The first-order valence-electron chi connectivity index (χ1n) is 5.63. The molecule has 1 heterocycles. The largest absolute Gasteiger partial charge is 0.457 e. The van der Waals surface area contributed by atoms with Gasteiger partial charge in [-0.2, -0.15) is 0 Å². The van der Waals surface area contributed by atoms with Gasteiger partial charge in [0.2, 0.25) is 0 Å². The van der Waals surface area contributed by atoms with E-state index in [2.05, 4.69) is 6.58 Å². The highest BCUT2D eigenvalue weighted by molar-refractivity contribution is 5.81. The molecule has 0 aliphatic carbocycles. The molecule has 1 amide bonds. The number of rotatable bonds is 2. The van der Waals surface area contributed by atoms with Gasteiger partial charge in [0.25, 0.3) is 0 Å². The highest BCUT2D eigenvalue weighted by Gasteiger charge is 2.31.